The number of nitrogens with zero attached hydrogens (tertiary/aromatic N) is 2. The summed E-state index contributed by atoms with van der Waals surface area (Å²) in [6.07, 6.45) is 3.45. The molecule has 0 bridgehead atoms. The Kier molecular flexibility index (Phi) is 4.10. The molecule has 4 N–H and O–H groups in total. The molecule has 7 nitrogen and oxygen atoms in total. The van der Waals surface area contributed by atoms with Gasteiger partial charge >= 0.3 is 0 Å². The number of nitrogens with two attached hydrogens (primary N) is 1. The fourth-order valence-corrected chi connectivity index (χ4v) is 2.84. The molecule has 0 aliphatic rings. The summed E-state index contributed by atoms with van der Waals surface area (Å²) in [5, 5.41) is 6.85. The number of aromatic amines is 1. The van der Waals surface area contributed by atoms with Crippen molar-refractivity contribution < 1.29 is 14.3 Å². The number of benzene rings is 2. The number of para-hydroxylation sites is 1. The molecule has 2 aromatic heterocycles. The third kappa shape index (κ3) is 3.25. The Balaban J connectivity index is 1.59. The minimum Gasteiger partial charge on any atom is -0.366 e. The molecule has 0 unspecified atom stereocenters. The molecule has 4 aromatic rings. The molecule has 0 fully saturated rings. The molecule has 0 saturated carbocycles. The van der Waals surface area contributed by atoms with E-state index in [0.29, 0.717) is 22.5 Å². The van der Waals surface area contributed by atoms with E-state index in [4.69, 9.17) is 5.73 Å². The van der Waals surface area contributed by atoms with E-state index >= 15 is 0 Å². The lowest BCUT2D eigenvalue weighted by Gasteiger charge is -2.04. The van der Waals surface area contributed by atoms with Gasteiger partial charge in [0.25, 0.3) is 11.8 Å². The van der Waals surface area contributed by atoms with Gasteiger partial charge in [-0.15, -0.1) is 0 Å². The molecule has 7 heteroatoms. The second-order valence-electron chi connectivity index (χ2n) is 5.96. The minimum atomic E-state index is -0.484. The predicted molar refractivity (Wildman–Crippen MR) is 101 cm³/mol. The molecule has 0 radical (unpaired) electrons. The summed E-state index contributed by atoms with van der Waals surface area (Å²) >= 11 is 0. The topological polar surface area (TPSA) is 105 Å². The van der Waals surface area contributed by atoms with Crippen molar-refractivity contribution in [3.8, 4) is 5.69 Å². The highest BCUT2D eigenvalue weighted by molar-refractivity contribution is 6.04. The second kappa shape index (κ2) is 6.72. The molecule has 0 aliphatic carbocycles. The molecule has 0 atom stereocenters. The van der Waals surface area contributed by atoms with Crippen LogP contribution in [0.15, 0.2) is 73.1 Å². The fraction of sp³-hybridized carbons (Fsp3) is 0. The first kappa shape index (κ1) is 16.5. The Bertz CT molecular complexity index is 1130. The number of primary amides is 1. The van der Waals surface area contributed by atoms with E-state index in [2.05, 4.69) is 15.4 Å². The van der Waals surface area contributed by atoms with Crippen molar-refractivity contribution in [3.63, 3.8) is 0 Å². The van der Waals surface area contributed by atoms with Gasteiger partial charge in [-0.3, -0.25) is 14.6 Å². The van der Waals surface area contributed by atoms with Crippen molar-refractivity contribution in [2.75, 3.05) is 5.32 Å². The average molecular weight is 358 g/mol. The second-order valence-corrected chi connectivity index (χ2v) is 5.96. The maximum Gasteiger partial charge on any atom is 0.274 e. The molecular weight excluding hydrogens is 342 g/mol. The number of hydrogen-bond donors (Lipinski definition) is 3. The lowest BCUT2D eigenvalue weighted by Crippen LogP contribution is -2.31. The van der Waals surface area contributed by atoms with Crippen molar-refractivity contribution >= 4 is 28.4 Å². The number of amides is 2. The predicted octanol–water partition coefficient (Wildman–Crippen LogP) is 2.19. The Morgan fingerprint density at radius 2 is 1.81 bits per heavy atom. The van der Waals surface area contributed by atoms with Gasteiger partial charge in [-0.2, -0.15) is 5.10 Å². The van der Waals surface area contributed by atoms with E-state index in [-0.39, 0.29) is 5.91 Å². The van der Waals surface area contributed by atoms with E-state index in [1.54, 1.807) is 53.3 Å². The quantitative estimate of drug-likeness (QED) is 0.487. The molecule has 27 heavy (non-hydrogen) atoms. The first-order valence-corrected chi connectivity index (χ1v) is 8.28. The van der Waals surface area contributed by atoms with Crippen molar-refractivity contribution in [1.82, 2.24) is 10.1 Å². The van der Waals surface area contributed by atoms with Gasteiger partial charge < -0.3 is 11.1 Å². The van der Waals surface area contributed by atoms with Gasteiger partial charge in [0, 0.05) is 24.0 Å². The van der Waals surface area contributed by atoms with Crippen LogP contribution in [-0.2, 0) is 0 Å². The summed E-state index contributed by atoms with van der Waals surface area (Å²) in [6.45, 7) is 0. The van der Waals surface area contributed by atoms with Crippen LogP contribution in [-0.4, -0.2) is 21.9 Å². The fourth-order valence-electron chi connectivity index (χ4n) is 2.84. The number of carbonyl (C=O) groups excluding carboxylic acids is 2. The SMILES string of the molecule is NC(=O)c1cccc2c[n+](-c3ccc(NC(=O)c4ccccn4)cc3)[nH]c12. The van der Waals surface area contributed by atoms with Crippen molar-refractivity contribution in [2.24, 2.45) is 5.73 Å². The molecule has 2 amide bonds. The number of fused-ring (bicyclic) bond motifs is 1. The molecular formula is C20H16N5O2+. The van der Waals surface area contributed by atoms with E-state index in [9.17, 15) is 9.59 Å². The van der Waals surface area contributed by atoms with E-state index < -0.39 is 5.91 Å². The summed E-state index contributed by atoms with van der Waals surface area (Å²) in [5.41, 5.74) is 8.40. The standard InChI is InChI=1S/C20H15N5O2/c21-19(26)16-5-3-4-13-12-25(24-18(13)16)15-9-7-14(8-10-15)23-20(27)17-6-1-2-11-22-17/h1-12H,(H3,21,23,26,27)/p+1. The van der Waals surface area contributed by atoms with Gasteiger partial charge in [-0.1, -0.05) is 16.8 Å². The number of anilines is 1. The maximum atomic E-state index is 12.2. The lowest BCUT2D eigenvalue weighted by atomic mass is 10.1. The molecule has 0 saturated heterocycles. The van der Waals surface area contributed by atoms with Gasteiger partial charge in [0.05, 0.1) is 10.9 Å². The summed E-state index contributed by atoms with van der Waals surface area (Å²) in [6, 6.07) is 17.8. The number of aromatic nitrogens is 3. The van der Waals surface area contributed by atoms with Crippen LogP contribution in [0.3, 0.4) is 0 Å². The van der Waals surface area contributed by atoms with Gasteiger partial charge in [0.1, 0.15) is 11.2 Å². The number of H-pyrrole nitrogens is 1. The van der Waals surface area contributed by atoms with E-state index in [0.717, 1.165) is 11.1 Å². The number of nitrogens with one attached hydrogen (secondary N) is 2. The zero-order valence-electron chi connectivity index (χ0n) is 14.2. The normalized spacial score (nSPS) is 10.7. The van der Waals surface area contributed by atoms with Crippen LogP contribution in [0.2, 0.25) is 0 Å². The molecule has 0 aliphatic heterocycles. The number of rotatable bonds is 4. The Hall–Kier alpha value is -4.00. The summed E-state index contributed by atoms with van der Waals surface area (Å²) < 4.78 is 1.79. The number of hydrogen-bond acceptors (Lipinski definition) is 3. The highest BCUT2D eigenvalue weighted by Crippen LogP contribution is 2.16. The third-order valence-electron chi connectivity index (χ3n) is 4.16. The maximum absolute atomic E-state index is 12.2. The molecule has 132 valence electrons. The monoisotopic (exact) mass is 358 g/mol. The van der Waals surface area contributed by atoms with E-state index in [1.807, 2.05) is 24.4 Å². The van der Waals surface area contributed by atoms with Crippen LogP contribution < -0.4 is 15.7 Å². The van der Waals surface area contributed by atoms with Crippen LogP contribution in [0.25, 0.3) is 16.6 Å². The number of pyridine rings is 1. The van der Waals surface area contributed by atoms with Gasteiger partial charge in [0.2, 0.25) is 11.9 Å². The van der Waals surface area contributed by atoms with Gasteiger partial charge in [0.15, 0.2) is 0 Å². The van der Waals surface area contributed by atoms with Crippen LogP contribution in [0, 0.1) is 0 Å². The zero-order valence-corrected chi connectivity index (χ0v) is 14.2. The number of carbonyl (C=O) groups is 2. The van der Waals surface area contributed by atoms with Crippen molar-refractivity contribution in [1.29, 1.82) is 0 Å². The Morgan fingerprint density at radius 1 is 1.00 bits per heavy atom. The van der Waals surface area contributed by atoms with Gasteiger partial charge in [-0.25, -0.2) is 0 Å². The summed E-state index contributed by atoms with van der Waals surface area (Å²) in [5.74, 6) is -0.755. The molecule has 2 aromatic carbocycles. The van der Waals surface area contributed by atoms with Gasteiger partial charge in [-0.05, 0) is 36.4 Å². The van der Waals surface area contributed by atoms with Crippen LogP contribution >= 0.6 is 0 Å². The Morgan fingerprint density at radius 3 is 2.52 bits per heavy atom. The highest BCUT2D eigenvalue weighted by Gasteiger charge is 2.16. The summed E-state index contributed by atoms with van der Waals surface area (Å²) in [7, 11) is 0. The summed E-state index contributed by atoms with van der Waals surface area (Å²) in [4.78, 5) is 27.8. The average Bonchev–Trinajstić information content (AvgIpc) is 3.13. The molecule has 4 rings (SSSR count). The lowest BCUT2D eigenvalue weighted by molar-refractivity contribution is -0.653. The van der Waals surface area contributed by atoms with E-state index in [1.165, 1.54) is 0 Å². The first-order chi connectivity index (χ1) is 13.1. The highest BCUT2D eigenvalue weighted by atomic mass is 16.2. The van der Waals surface area contributed by atoms with Crippen LogP contribution in [0.5, 0.6) is 0 Å². The Labute approximate surface area is 154 Å². The zero-order chi connectivity index (χ0) is 18.8. The van der Waals surface area contributed by atoms with Crippen molar-refractivity contribution in [2.45, 2.75) is 0 Å². The van der Waals surface area contributed by atoms with Crippen LogP contribution in [0.4, 0.5) is 5.69 Å². The molecule has 2 heterocycles. The van der Waals surface area contributed by atoms with Crippen molar-refractivity contribution in [3.05, 3.63) is 84.3 Å². The molecule has 0 spiro atoms. The van der Waals surface area contributed by atoms with Crippen LogP contribution in [0.1, 0.15) is 20.8 Å². The first-order valence-electron chi connectivity index (χ1n) is 8.28. The smallest absolute Gasteiger partial charge is 0.274 e. The minimum absolute atomic E-state index is 0.271. The third-order valence-corrected chi connectivity index (χ3v) is 4.16. The largest absolute Gasteiger partial charge is 0.366 e.